The van der Waals surface area contributed by atoms with Crippen molar-refractivity contribution in [1.82, 2.24) is 9.55 Å². The summed E-state index contributed by atoms with van der Waals surface area (Å²) in [6.07, 6.45) is 1.57. The van der Waals surface area contributed by atoms with E-state index in [2.05, 4.69) is 4.98 Å². The van der Waals surface area contributed by atoms with Crippen molar-refractivity contribution in [2.75, 3.05) is 6.61 Å². The monoisotopic (exact) mass is 341 g/mol. The summed E-state index contributed by atoms with van der Waals surface area (Å²) in [6.45, 7) is 1.76. The molecule has 0 aliphatic heterocycles. The highest BCUT2D eigenvalue weighted by Gasteiger charge is 2.25. The molecule has 0 saturated carbocycles. The lowest BCUT2D eigenvalue weighted by Crippen LogP contribution is -2.09. The van der Waals surface area contributed by atoms with Gasteiger partial charge in [-0.05, 0) is 19.1 Å². The first-order chi connectivity index (χ1) is 11.6. The summed E-state index contributed by atoms with van der Waals surface area (Å²) in [5.41, 5.74) is 0.727. The van der Waals surface area contributed by atoms with E-state index in [0.29, 0.717) is 5.52 Å². The number of aromatic hydroxyl groups is 1. The van der Waals surface area contributed by atoms with Gasteiger partial charge in [0.05, 0.1) is 22.5 Å². The van der Waals surface area contributed by atoms with Crippen LogP contribution in [0.2, 0.25) is 5.02 Å². The van der Waals surface area contributed by atoms with Crippen molar-refractivity contribution < 1.29 is 14.6 Å². The fourth-order valence-electron chi connectivity index (χ4n) is 2.48. The number of carbonyl (C=O) groups excluding carboxylic acids is 1. The Morgan fingerprint density at radius 1 is 1.42 bits per heavy atom. The molecule has 3 rings (SSSR count). The lowest BCUT2D eigenvalue weighted by molar-refractivity contribution is 0.0516. The minimum Gasteiger partial charge on any atom is -0.505 e. The maximum Gasteiger partial charge on any atom is 0.360 e. The highest BCUT2D eigenvalue weighted by atomic mass is 35.5. The zero-order valence-electron chi connectivity index (χ0n) is 12.7. The fraction of sp³-hybridized carbons (Fsp3) is 0.118. The summed E-state index contributed by atoms with van der Waals surface area (Å²) in [5, 5.41) is 20.3. The average Bonchev–Trinajstić information content (AvgIpc) is 2.94. The minimum atomic E-state index is -0.808. The molecule has 0 bridgehead atoms. The second-order valence-electron chi connectivity index (χ2n) is 4.90. The molecule has 0 spiro atoms. The standard InChI is InChI=1S/C17H12ClN3O3/c1-2-24-17(23)14-16(22)13-11(18)9-21(10-6-4-3-5-7-10)15(13)12(8-19)20-14/h3-7,9,22H,2H2,1H3. The van der Waals surface area contributed by atoms with Crippen LogP contribution in [0.5, 0.6) is 5.75 Å². The van der Waals surface area contributed by atoms with Crippen LogP contribution in [0.1, 0.15) is 23.1 Å². The summed E-state index contributed by atoms with van der Waals surface area (Å²) in [7, 11) is 0. The van der Waals surface area contributed by atoms with E-state index in [-0.39, 0.29) is 28.4 Å². The largest absolute Gasteiger partial charge is 0.505 e. The third-order valence-corrected chi connectivity index (χ3v) is 3.76. The van der Waals surface area contributed by atoms with Crippen LogP contribution in [0.25, 0.3) is 16.6 Å². The Bertz CT molecular complexity index is 974. The molecule has 3 aromatic rings. The van der Waals surface area contributed by atoms with E-state index >= 15 is 0 Å². The summed E-state index contributed by atoms with van der Waals surface area (Å²) < 4.78 is 6.52. The number of fused-ring (bicyclic) bond motifs is 1. The van der Waals surface area contributed by atoms with Crippen molar-refractivity contribution in [2.24, 2.45) is 0 Å². The first-order valence-electron chi connectivity index (χ1n) is 7.14. The Balaban J connectivity index is 2.36. The van der Waals surface area contributed by atoms with Crippen molar-refractivity contribution in [1.29, 1.82) is 5.26 Å². The molecule has 7 heteroatoms. The number of pyridine rings is 1. The molecular weight excluding hydrogens is 330 g/mol. The average molecular weight is 342 g/mol. The van der Waals surface area contributed by atoms with Crippen LogP contribution in [0, 0.1) is 11.3 Å². The molecule has 0 aliphatic rings. The van der Waals surface area contributed by atoms with Gasteiger partial charge in [0, 0.05) is 11.9 Å². The number of carbonyl (C=O) groups is 1. The second-order valence-corrected chi connectivity index (χ2v) is 5.30. The number of nitrogens with zero attached hydrogens (tertiary/aromatic N) is 3. The molecule has 0 atom stereocenters. The number of nitriles is 1. The Hall–Kier alpha value is -3.04. The Morgan fingerprint density at radius 2 is 2.12 bits per heavy atom. The van der Waals surface area contributed by atoms with E-state index in [1.54, 1.807) is 17.7 Å². The molecule has 0 unspecified atom stereocenters. The predicted octanol–water partition coefficient (Wildman–Crippen LogP) is 3.43. The van der Waals surface area contributed by atoms with Crippen LogP contribution in [0.3, 0.4) is 0 Å². The number of aromatic nitrogens is 2. The topological polar surface area (TPSA) is 88.1 Å². The van der Waals surface area contributed by atoms with Crippen LogP contribution in [-0.4, -0.2) is 27.2 Å². The maximum absolute atomic E-state index is 12.0. The van der Waals surface area contributed by atoms with Crippen LogP contribution < -0.4 is 0 Å². The normalized spacial score (nSPS) is 10.5. The van der Waals surface area contributed by atoms with Crippen LogP contribution in [0.4, 0.5) is 0 Å². The number of hydrogen-bond acceptors (Lipinski definition) is 5. The molecule has 0 saturated heterocycles. The molecule has 0 amide bonds. The smallest absolute Gasteiger partial charge is 0.360 e. The molecule has 0 radical (unpaired) electrons. The highest BCUT2D eigenvalue weighted by Crippen LogP contribution is 2.38. The zero-order valence-corrected chi connectivity index (χ0v) is 13.4. The fourth-order valence-corrected chi connectivity index (χ4v) is 2.76. The van der Waals surface area contributed by atoms with Crippen molar-refractivity contribution >= 4 is 28.5 Å². The van der Waals surface area contributed by atoms with Crippen molar-refractivity contribution in [3.8, 4) is 17.5 Å². The van der Waals surface area contributed by atoms with Gasteiger partial charge >= 0.3 is 5.97 Å². The van der Waals surface area contributed by atoms with Gasteiger partial charge in [0.1, 0.15) is 6.07 Å². The third kappa shape index (κ3) is 2.45. The first kappa shape index (κ1) is 15.8. The van der Waals surface area contributed by atoms with Crippen LogP contribution in [0.15, 0.2) is 36.5 Å². The molecule has 2 aromatic heterocycles. The van der Waals surface area contributed by atoms with Gasteiger partial charge in [0.2, 0.25) is 0 Å². The lowest BCUT2D eigenvalue weighted by Gasteiger charge is -2.09. The van der Waals surface area contributed by atoms with E-state index in [4.69, 9.17) is 16.3 Å². The van der Waals surface area contributed by atoms with E-state index in [0.717, 1.165) is 5.69 Å². The number of para-hydroxylation sites is 1. The molecular formula is C17H12ClN3O3. The lowest BCUT2D eigenvalue weighted by atomic mass is 10.2. The van der Waals surface area contributed by atoms with Crippen molar-refractivity contribution in [3.05, 3.63) is 52.9 Å². The van der Waals surface area contributed by atoms with Gasteiger partial charge in [-0.3, -0.25) is 0 Å². The molecule has 120 valence electrons. The Kier molecular flexibility index (Phi) is 4.11. The van der Waals surface area contributed by atoms with Gasteiger partial charge in [0.25, 0.3) is 0 Å². The summed E-state index contributed by atoms with van der Waals surface area (Å²) >= 11 is 6.25. The van der Waals surface area contributed by atoms with E-state index in [1.165, 1.54) is 0 Å². The number of halogens is 1. The van der Waals surface area contributed by atoms with Crippen LogP contribution in [-0.2, 0) is 4.74 Å². The summed E-state index contributed by atoms with van der Waals surface area (Å²) in [4.78, 5) is 15.9. The van der Waals surface area contributed by atoms with Gasteiger partial charge in [-0.1, -0.05) is 29.8 Å². The molecule has 1 aromatic carbocycles. The zero-order chi connectivity index (χ0) is 17.3. The van der Waals surface area contributed by atoms with Crippen molar-refractivity contribution in [3.63, 3.8) is 0 Å². The SMILES string of the molecule is CCOC(=O)c1nc(C#N)c2c(c(Cl)cn2-c2ccccc2)c1O. The highest BCUT2D eigenvalue weighted by molar-refractivity contribution is 6.36. The second kappa shape index (κ2) is 6.22. The van der Waals surface area contributed by atoms with Gasteiger partial charge in [-0.15, -0.1) is 0 Å². The number of rotatable bonds is 3. The van der Waals surface area contributed by atoms with Gasteiger partial charge in [-0.2, -0.15) is 5.26 Å². The van der Waals surface area contributed by atoms with E-state index in [1.807, 2.05) is 36.4 Å². The molecule has 0 aliphatic carbocycles. The van der Waals surface area contributed by atoms with Crippen LogP contribution >= 0.6 is 11.6 Å². The molecule has 0 fully saturated rings. The van der Waals surface area contributed by atoms with E-state index < -0.39 is 11.7 Å². The van der Waals surface area contributed by atoms with E-state index in [9.17, 15) is 15.2 Å². The molecule has 24 heavy (non-hydrogen) atoms. The van der Waals surface area contributed by atoms with Crippen molar-refractivity contribution in [2.45, 2.75) is 6.92 Å². The number of ether oxygens (including phenoxy) is 1. The number of hydrogen-bond donors (Lipinski definition) is 1. The minimum absolute atomic E-state index is 0.0263. The number of esters is 1. The Morgan fingerprint density at radius 3 is 2.75 bits per heavy atom. The predicted molar refractivity (Wildman–Crippen MR) is 88.4 cm³/mol. The Labute approximate surface area is 142 Å². The number of benzene rings is 1. The third-order valence-electron chi connectivity index (χ3n) is 3.48. The first-order valence-corrected chi connectivity index (χ1v) is 7.52. The van der Waals surface area contributed by atoms with Gasteiger partial charge in [-0.25, -0.2) is 9.78 Å². The molecule has 1 N–H and O–H groups in total. The van der Waals surface area contributed by atoms with Gasteiger partial charge in [0.15, 0.2) is 17.1 Å². The maximum atomic E-state index is 12.0. The quantitative estimate of drug-likeness (QED) is 0.737. The van der Waals surface area contributed by atoms with Gasteiger partial charge < -0.3 is 14.4 Å². The summed E-state index contributed by atoms with van der Waals surface area (Å²) in [5.74, 6) is -1.21. The molecule has 2 heterocycles. The molecule has 6 nitrogen and oxygen atoms in total. The summed E-state index contributed by atoms with van der Waals surface area (Å²) in [6, 6.07) is 11.1.